The Morgan fingerprint density at radius 1 is 1.38 bits per heavy atom. The maximum absolute atomic E-state index is 13.4. The van der Waals surface area contributed by atoms with Crippen molar-refractivity contribution in [2.75, 3.05) is 19.0 Å². The molecule has 3 nitrogen and oxygen atoms in total. The zero-order valence-corrected chi connectivity index (χ0v) is 16.7. The molecule has 1 heterocycles. The van der Waals surface area contributed by atoms with Crippen molar-refractivity contribution >= 4 is 21.9 Å². The Kier molecular flexibility index (Phi) is 6.51. The molecule has 0 amide bonds. The van der Waals surface area contributed by atoms with E-state index in [9.17, 15) is 9.18 Å². The molecule has 1 aromatic rings. The standard InChI is InChI=1S/C21H26BrFO3/c1-25-20(24)7-5-3-2-4-6-18-17(13-22)19-12-21(18,14-26-19)15-8-10-16(23)11-9-15/h2,4,8-11,17-19H,3,5-7,12-14H2,1H3/t17-,18+,19+,21+/m0/s1. The Labute approximate surface area is 163 Å². The van der Waals surface area contributed by atoms with Crippen LogP contribution in [-0.2, 0) is 19.7 Å². The predicted octanol–water partition coefficient (Wildman–Crippen LogP) is 4.78. The lowest BCUT2D eigenvalue weighted by atomic mass is 9.69. The highest BCUT2D eigenvalue weighted by molar-refractivity contribution is 9.09. The molecule has 26 heavy (non-hydrogen) atoms. The molecule has 142 valence electrons. The van der Waals surface area contributed by atoms with Crippen LogP contribution in [0.1, 0.15) is 37.7 Å². The molecule has 1 saturated carbocycles. The third kappa shape index (κ3) is 3.89. The van der Waals surface area contributed by atoms with E-state index in [4.69, 9.17) is 4.74 Å². The van der Waals surface area contributed by atoms with Gasteiger partial charge in [-0.3, -0.25) is 4.79 Å². The van der Waals surface area contributed by atoms with Gasteiger partial charge in [-0.2, -0.15) is 0 Å². The van der Waals surface area contributed by atoms with E-state index in [1.165, 1.54) is 12.7 Å². The first-order valence-corrected chi connectivity index (χ1v) is 10.4. The molecule has 0 spiro atoms. The second-order valence-electron chi connectivity index (χ2n) is 7.32. The van der Waals surface area contributed by atoms with Gasteiger partial charge in [-0.25, -0.2) is 4.39 Å². The van der Waals surface area contributed by atoms with Gasteiger partial charge in [0.05, 0.1) is 19.8 Å². The van der Waals surface area contributed by atoms with Crippen LogP contribution in [0.15, 0.2) is 36.4 Å². The van der Waals surface area contributed by atoms with Crippen LogP contribution in [0.3, 0.4) is 0 Å². The Balaban J connectivity index is 1.67. The molecule has 4 atom stereocenters. The lowest BCUT2D eigenvalue weighted by Crippen LogP contribution is -2.40. The number of hydrogen-bond donors (Lipinski definition) is 0. The van der Waals surface area contributed by atoms with Gasteiger partial charge in [-0.15, -0.1) is 0 Å². The number of esters is 1. The molecule has 3 rings (SSSR count). The number of unbranched alkanes of at least 4 members (excludes halogenated alkanes) is 1. The summed E-state index contributed by atoms with van der Waals surface area (Å²) in [5.41, 5.74) is 1.17. The number of carbonyl (C=O) groups is 1. The topological polar surface area (TPSA) is 35.5 Å². The van der Waals surface area contributed by atoms with Crippen molar-refractivity contribution in [3.63, 3.8) is 0 Å². The summed E-state index contributed by atoms with van der Waals surface area (Å²) in [4.78, 5) is 11.2. The van der Waals surface area contributed by atoms with Gasteiger partial charge in [0.25, 0.3) is 0 Å². The molecular formula is C21H26BrFO3. The third-order valence-electron chi connectivity index (χ3n) is 5.96. The number of allylic oxidation sites excluding steroid dienone is 2. The number of methoxy groups -OCH3 is 1. The van der Waals surface area contributed by atoms with Crippen LogP contribution in [0.5, 0.6) is 0 Å². The van der Waals surface area contributed by atoms with Crippen molar-refractivity contribution in [1.82, 2.24) is 0 Å². The molecule has 1 aliphatic carbocycles. The largest absolute Gasteiger partial charge is 0.469 e. The summed E-state index contributed by atoms with van der Waals surface area (Å²) in [7, 11) is 1.42. The van der Waals surface area contributed by atoms with E-state index in [0.29, 0.717) is 24.9 Å². The smallest absolute Gasteiger partial charge is 0.305 e. The Morgan fingerprint density at radius 3 is 2.85 bits per heavy atom. The molecule has 1 aliphatic heterocycles. The minimum atomic E-state index is -0.197. The zero-order chi connectivity index (χ0) is 18.6. The molecule has 2 bridgehead atoms. The molecule has 2 aliphatic rings. The van der Waals surface area contributed by atoms with E-state index in [0.717, 1.165) is 31.0 Å². The first kappa shape index (κ1) is 19.6. The van der Waals surface area contributed by atoms with Crippen molar-refractivity contribution in [1.29, 1.82) is 0 Å². The van der Waals surface area contributed by atoms with Crippen molar-refractivity contribution in [3.8, 4) is 0 Å². The van der Waals surface area contributed by atoms with E-state index < -0.39 is 0 Å². The molecule has 0 radical (unpaired) electrons. The van der Waals surface area contributed by atoms with Crippen LogP contribution < -0.4 is 0 Å². The van der Waals surface area contributed by atoms with E-state index >= 15 is 0 Å². The SMILES string of the molecule is COC(=O)CCCC=CC[C@@H]1[C@H](CBr)[C@H]2C[C@]1(c1ccc(F)cc1)CO2. The number of fused-ring (bicyclic) bond motifs is 2. The average Bonchev–Trinajstić information content (AvgIpc) is 3.22. The van der Waals surface area contributed by atoms with Crippen LogP contribution in [0.25, 0.3) is 0 Å². The first-order chi connectivity index (χ1) is 12.6. The molecule has 0 aromatic heterocycles. The molecule has 2 fully saturated rings. The highest BCUT2D eigenvalue weighted by Gasteiger charge is 2.58. The van der Waals surface area contributed by atoms with Gasteiger partial charge in [-0.1, -0.05) is 40.2 Å². The third-order valence-corrected chi connectivity index (χ3v) is 6.71. The van der Waals surface area contributed by atoms with Gasteiger partial charge >= 0.3 is 5.97 Å². The first-order valence-electron chi connectivity index (χ1n) is 9.26. The highest BCUT2D eigenvalue weighted by Crippen LogP contribution is 2.56. The van der Waals surface area contributed by atoms with E-state index in [-0.39, 0.29) is 23.3 Å². The van der Waals surface area contributed by atoms with E-state index in [2.05, 4.69) is 32.8 Å². The number of benzene rings is 1. The quantitative estimate of drug-likeness (QED) is 0.260. The van der Waals surface area contributed by atoms with Crippen molar-refractivity contribution in [3.05, 3.63) is 47.8 Å². The molecular weight excluding hydrogens is 399 g/mol. The average molecular weight is 425 g/mol. The van der Waals surface area contributed by atoms with Gasteiger partial charge in [0.2, 0.25) is 0 Å². The maximum atomic E-state index is 13.4. The predicted molar refractivity (Wildman–Crippen MR) is 103 cm³/mol. The summed E-state index contributed by atoms with van der Waals surface area (Å²) in [6.07, 6.45) is 8.82. The summed E-state index contributed by atoms with van der Waals surface area (Å²) >= 11 is 3.67. The molecule has 1 saturated heterocycles. The second-order valence-corrected chi connectivity index (χ2v) is 7.96. The lowest BCUT2D eigenvalue weighted by Gasteiger charge is -2.38. The number of ether oxygens (including phenoxy) is 2. The van der Waals surface area contributed by atoms with Gasteiger partial charge < -0.3 is 9.47 Å². The van der Waals surface area contributed by atoms with Crippen LogP contribution in [0.4, 0.5) is 4.39 Å². The fourth-order valence-electron chi connectivity index (χ4n) is 4.57. The minimum absolute atomic E-state index is 0.0207. The summed E-state index contributed by atoms with van der Waals surface area (Å²) in [6, 6.07) is 6.95. The van der Waals surface area contributed by atoms with Crippen LogP contribution in [-0.4, -0.2) is 31.1 Å². The van der Waals surface area contributed by atoms with Gasteiger partial charge in [0.15, 0.2) is 0 Å². The fraction of sp³-hybridized carbons (Fsp3) is 0.571. The fourth-order valence-corrected chi connectivity index (χ4v) is 5.43. The molecule has 0 N–H and O–H groups in total. The Morgan fingerprint density at radius 2 is 2.15 bits per heavy atom. The lowest BCUT2D eigenvalue weighted by molar-refractivity contribution is -0.140. The summed E-state index contributed by atoms with van der Waals surface area (Å²) < 4.78 is 24.1. The van der Waals surface area contributed by atoms with Crippen molar-refractivity contribution < 1.29 is 18.7 Å². The Hall–Kier alpha value is -1.20. The maximum Gasteiger partial charge on any atom is 0.305 e. The van der Waals surface area contributed by atoms with E-state index in [1.54, 1.807) is 12.1 Å². The van der Waals surface area contributed by atoms with E-state index in [1.807, 2.05) is 12.1 Å². The zero-order valence-electron chi connectivity index (χ0n) is 15.1. The normalized spacial score (nSPS) is 30.2. The number of carbonyl (C=O) groups excluding carboxylic acids is 1. The van der Waals surface area contributed by atoms with Crippen LogP contribution in [0, 0.1) is 17.7 Å². The van der Waals surface area contributed by atoms with Gasteiger partial charge in [0.1, 0.15) is 5.82 Å². The number of halogens is 2. The number of rotatable bonds is 8. The highest BCUT2D eigenvalue weighted by atomic mass is 79.9. The summed E-state index contributed by atoms with van der Waals surface area (Å²) in [5.74, 6) is 0.590. The second kappa shape index (κ2) is 8.66. The van der Waals surface area contributed by atoms with Gasteiger partial charge in [-0.05, 0) is 55.2 Å². The van der Waals surface area contributed by atoms with Crippen molar-refractivity contribution in [2.24, 2.45) is 11.8 Å². The number of hydrogen-bond acceptors (Lipinski definition) is 3. The summed E-state index contributed by atoms with van der Waals surface area (Å²) in [5, 5.41) is 0.918. The molecule has 5 heteroatoms. The minimum Gasteiger partial charge on any atom is -0.469 e. The van der Waals surface area contributed by atoms with Crippen molar-refractivity contribution in [2.45, 2.75) is 43.6 Å². The van der Waals surface area contributed by atoms with Crippen LogP contribution in [0.2, 0.25) is 0 Å². The monoisotopic (exact) mass is 424 g/mol. The Bertz CT molecular complexity index is 645. The number of alkyl halides is 1. The summed E-state index contributed by atoms with van der Waals surface area (Å²) in [6.45, 7) is 0.716. The van der Waals surface area contributed by atoms with Crippen LogP contribution >= 0.6 is 15.9 Å². The van der Waals surface area contributed by atoms with Gasteiger partial charge in [0, 0.05) is 17.2 Å². The molecule has 1 aromatic carbocycles. The molecule has 0 unspecified atom stereocenters.